The molecule has 0 saturated heterocycles. The molecule has 0 aromatic heterocycles. The number of hydrogen-bond donors (Lipinski definition) is 2. The van der Waals surface area contributed by atoms with Gasteiger partial charge in [-0.05, 0) is 23.6 Å². The lowest BCUT2D eigenvalue weighted by Crippen LogP contribution is -2.37. The van der Waals surface area contributed by atoms with Crippen LogP contribution in [0.2, 0.25) is 0 Å². The number of nitrogens with one attached hydrogen (secondary N) is 2. The lowest BCUT2D eigenvalue weighted by atomic mass is 9.81. The molecule has 2 heteroatoms. The van der Waals surface area contributed by atoms with E-state index in [1.165, 1.54) is 11.1 Å². The fraction of sp³-hybridized carbons (Fsp3) is 0.625. The molecule has 0 amide bonds. The van der Waals surface area contributed by atoms with E-state index in [0.717, 1.165) is 13.2 Å². The first-order valence-electron chi connectivity index (χ1n) is 6.74. The van der Waals surface area contributed by atoms with E-state index in [0.29, 0.717) is 0 Å². The molecular formula is C16H28N2. The van der Waals surface area contributed by atoms with Gasteiger partial charge in [0.25, 0.3) is 0 Å². The van der Waals surface area contributed by atoms with Crippen LogP contribution in [-0.4, -0.2) is 20.3 Å². The normalized spacial score (nSPS) is 12.8. The van der Waals surface area contributed by atoms with Crippen molar-refractivity contribution >= 4 is 0 Å². The summed E-state index contributed by atoms with van der Waals surface area (Å²) in [4.78, 5) is 0. The maximum atomic E-state index is 3.41. The largest absolute Gasteiger partial charge is 0.308 e. The third kappa shape index (κ3) is 4.11. The lowest BCUT2D eigenvalue weighted by Gasteiger charge is -2.27. The second-order valence-electron chi connectivity index (χ2n) is 6.67. The van der Waals surface area contributed by atoms with Gasteiger partial charge in [0.2, 0.25) is 0 Å². The van der Waals surface area contributed by atoms with Crippen LogP contribution in [0.1, 0.15) is 45.7 Å². The average Bonchev–Trinajstić information content (AvgIpc) is 2.28. The third-order valence-electron chi connectivity index (χ3n) is 3.40. The standard InChI is InChI=1S/C16H28N2/c1-15(2,3)13-7-9-14(10-8-13)16(4,5)11-18-12-17-6/h7-10,17-18H,11-12H2,1-6H3. The van der Waals surface area contributed by atoms with Crippen molar-refractivity contribution in [3.05, 3.63) is 35.4 Å². The highest BCUT2D eigenvalue weighted by molar-refractivity contribution is 5.31. The molecule has 0 radical (unpaired) electrons. The molecule has 102 valence electrons. The Bertz CT molecular complexity index is 358. The SMILES string of the molecule is CNCNCC(C)(C)c1ccc(C(C)(C)C)cc1. The van der Waals surface area contributed by atoms with Crippen LogP contribution in [0.3, 0.4) is 0 Å². The first-order valence-corrected chi connectivity index (χ1v) is 6.74. The topological polar surface area (TPSA) is 24.1 Å². The molecule has 1 aromatic carbocycles. The fourth-order valence-corrected chi connectivity index (χ4v) is 2.02. The van der Waals surface area contributed by atoms with Crippen molar-refractivity contribution in [1.82, 2.24) is 10.6 Å². The molecule has 1 rings (SSSR count). The van der Waals surface area contributed by atoms with Crippen molar-refractivity contribution < 1.29 is 0 Å². The minimum atomic E-state index is 0.160. The van der Waals surface area contributed by atoms with E-state index in [1.54, 1.807) is 0 Å². The van der Waals surface area contributed by atoms with Crippen LogP contribution in [-0.2, 0) is 10.8 Å². The van der Waals surface area contributed by atoms with E-state index in [9.17, 15) is 0 Å². The molecule has 0 aliphatic rings. The Hall–Kier alpha value is -0.860. The average molecular weight is 248 g/mol. The zero-order valence-electron chi connectivity index (χ0n) is 12.7. The van der Waals surface area contributed by atoms with Crippen molar-refractivity contribution in [3.63, 3.8) is 0 Å². The molecule has 0 fully saturated rings. The van der Waals surface area contributed by atoms with Gasteiger partial charge in [-0.2, -0.15) is 0 Å². The summed E-state index contributed by atoms with van der Waals surface area (Å²) in [5, 5.41) is 6.52. The molecule has 2 nitrogen and oxygen atoms in total. The number of benzene rings is 1. The van der Waals surface area contributed by atoms with Gasteiger partial charge in [-0.1, -0.05) is 58.9 Å². The summed E-state index contributed by atoms with van der Waals surface area (Å²) in [5.74, 6) is 0. The minimum absolute atomic E-state index is 0.160. The van der Waals surface area contributed by atoms with E-state index < -0.39 is 0 Å². The molecule has 0 aliphatic carbocycles. The summed E-state index contributed by atoms with van der Waals surface area (Å²) >= 11 is 0. The Morgan fingerprint density at radius 1 is 0.889 bits per heavy atom. The van der Waals surface area contributed by atoms with Crippen LogP contribution in [0.15, 0.2) is 24.3 Å². The predicted octanol–water partition coefficient (Wildman–Crippen LogP) is 3.03. The molecule has 1 aromatic rings. The van der Waals surface area contributed by atoms with Gasteiger partial charge in [0.15, 0.2) is 0 Å². The highest BCUT2D eigenvalue weighted by Gasteiger charge is 2.21. The summed E-state index contributed by atoms with van der Waals surface area (Å²) in [6, 6.07) is 9.05. The smallest absolute Gasteiger partial charge is 0.0452 e. The Morgan fingerprint density at radius 2 is 1.39 bits per heavy atom. The quantitative estimate of drug-likeness (QED) is 0.618. The van der Waals surface area contributed by atoms with Crippen LogP contribution in [0, 0.1) is 0 Å². The van der Waals surface area contributed by atoms with E-state index in [4.69, 9.17) is 0 Å². The van der Waals surface area contributed by atoms with E-state index >= 15 is 0 Å². The van der Waals surface area contributed by atoms with Crippen LogP contribution >= 0.6 is 0 Å². The monoisotopic (exact) mass is 248 g/mol. The first-order chi connectivity index (χ1) is 8.27. The van der Waals surface area contributed by atoms with Crippen molar-refractivity contribution in [2.75, 3.05) is 20.3 Å². The fourth-order valence-electron chi connectivity index (χ4n) is 2.02. The Morgan fingerprint density at radius 3 is 1.83 bits per heavy atom. The Kier molecular flexibility index (Phi) is 4.94. The van der Waals surface area contributed by atoms with Gasteiger partial charge in [0.05, 0.1) is 0 Å². The van der Waals surface area contributed by atoms with Crippen molar-refractivity contribution in [3.8, 4) is 0 Å². The van der Waals surface area contributed by atoms with Gasteiger partial charge in [-0.3, -0.25) is 0 Å². The molecule has 18 heavy (non-hydrogen) atoms. The summed E-state index contributed by atoms with van der Waals surface area (Å²) in [6.07, 6.45) is 0. The van der Waals surface area contributed by atoms with Gasteiger partial charge in [0, 0.05) is 18.6 Å². The van der Waals surface area contributed by atoms with Gasteiger partial charge in [0.1, 0.15) is 0 Å². The molecule has 0 unspecified atom stereocenters. The van der Waals surface area contributed by atoms with Gasteiger partial charge < -0.3 is 10.6 Å². The molecule has 0 bridgehead atoms. The predicted molar refractivity (Wildman–Crippen MR) is 80.1 cm³/mol. The molecular weight excluding hydrogens is 220 g/mol. The summed E-state index contributed by atoms with van der Waals surface area (Å²) in [7, 11) is 1.96. The maximum Gasteiger partial charge on any atom is 0.0452 e. The molecule has 0 atom stereocenters. The molecule has 0 saturated carbocycles. The van der Waals surface area contributed by atoms with Crippen LogP contribution in [0.25, 0.3) is 0 Å². The van der Waals surface area contributed by atoms with Crippen molar-refractivity contribution in [2.45, 2.75) is 45.4 Å². The molecule has 0 spiro atoms. The summed E-state index contributed by atoms with van der Waals surface area (Å²) in [5.41, 5.74) is 3.17. The van der Waals surface area contributed by atoms with Gasteiger partial charge >= 0.3 is 0 Å². The second kappa shape index (κ2) is 5.85. The maximum absolute atomic E-state index is 3.41. The van der Waals surface area contributed by atoms with E-state index in [2.05, 4.69) is 69.5 Å². The van der Waals surface area contributed by atoms with Crippen LogP contribution in [0.4, 0.5) is 0 Å². The zero-order valence-corrected chi connectivity index (χ0v) is 12.7. The van der Waals surface area contributed by atoms with Crippen LogP contribution in [0.5, 0.6) is 0 Å². The van der Waals surface area contributed by atoms with E-state index in [1.807, 2.05) is 7.05 Å². The summed E-state index contributed by atoms with van der Waals surface area (Å²) < 4.78 is 0. The number of rotatable bonds is 5. The Balaban J connectivity index is 2.77. The highest BCUT2D eigenvalue weighted by Crippen LogP contribution is 2.27. The highest BCUT2D eigenvalue weighted by atomic mass is 15.0. The minimum Gasteiger partial charge on any atom is -0.308 e. The molecule has 2 N–H and O–H groups in total. The van der Waals surface area contributed by atoms with Crippen LogP contribution < -0.4 is 10.6 Å². The molecule has 0 heterocycles. The Labute approximate surface area is 112 Å². The van der Waals surface area contributed by atoms with Gasteiger partial charge in [-0.25, -0.2) is 0 Å². The second-order valence-corrected chi connectivity index (χ2v) is 6.67. The summed E-state index contributed by atoms with van der Waals surface area (Å²) in [6.45, 7) is 13.1. The van der Waals surface area contributed by atoms with E-state index in [-0.39, 0.29) is 10.8 Å². The van der Waals surface area contributed by atoms with Crippen molar-refractivity contribution in [2.24, 2.45) is 0 Å². The zero-order chi connectivity index (χ0) is 13.8. The number of hydrogen-bond acceptors (Lipinski definition) is 2. The van der Waals surface area contributed by atoms with Crippen molar-refractivity contribution in [1.29, 1.82) is 0 Å². The molecule has 0 aliphatic heterocycles. The first kappa shape index (κ1) is 15.2. The lowest BCUT2D eigenvalue weighted by molar-refractivity contribution is 0.460. The van der Waals surface area contributed by atoms with Gasteiger partial charge in [-0.15, -0.1) is 0 Å². The third-order valence-corrected chi connectivity index (χ3v) is 3.40.